The Morgan fingerprint density at radius 3 is 2.77 bits per heavy atom. The molecule has 0 radical (unpaired) electrons. The third kappa shape index (κ3) is 1.44. The molecule has 0 saturated carbocycles. The summed E-state index contributed by atoms with van der Waals surface area (Å²) < 4.78 is 3.78. The summed E-state index contributed by atoms with van der Waals surface area (Å²) in [6, 6.07) is 1.89. The first-order valence-corrected chi connectivity index (χ1v) is 4.09. The van der Waals surface area contributed by atoms with Crippen molar-refractivity contribution < 1.29 is 0 Å². The van der Waals surface area contributed by atoms with Crippen LogP contribution >= 0.6 is 0 Å². The van der Waals surface area contributed by atoms with E-state index in [1.807, 2.05) is 35.5 Å². The molecule has 13 heavy (non-hydrogen) atoms. The summed E-state index contributed by atoms with van der Waals surface area (Å²) in [5, 5.41) is 12.1. The zero-order valence-electron chi connectivity index (χ0n) is 7.68. The van der Waals surface area contributed by atoms with Gasteiger partial charge < -0.3 is 4.57 Å². The van der Waals surface area contributed by atoms with Crippen LogP contribution in [0.3, 0.4) is 0 Å². The van der Waals surface area contributed by atoms with Gasteiger partial charge in [-0.25, -0.2) is 0 Å². The monoisotopic (exact) mass is 177 g/mol. The number of aromatic nitrogens is 5. The topological polar surface area (TPSA) is 48.5 Å². The molecule has 0 bridgehead atoms. The first kappa shape index (κ1) is 7.97. The molecule has 2 heterocycles. The average Bonchev–Trinajstić information content (AvgIpc) is 2.71. The molecule has 0 saturated heterocycles. The minimum Gasteiger partial charge on any atom is -0.317 e. The van der Waals surface area contributed by atoms with Gasteiger partial charge in [-0.05, 0) is 13.0 Å². The van der Waals surface area contributed by atoms with Gasteiger partial charge in [0, 0.05) is 19.4 Å². The van der Waals surface area contributed by atoms with Gasteiger partial charge in [0.25, 0.3) is 0 Å². The highest BCUT2D eigenvalue weighted by atomic mass is 15.3. The first-order valence-electron chi connectivity index (χ1n) is 4.09. The van der Waals surface area contributed by atoms with Crippen LogP contribution < -0.4 is 0 Å². The van der Waals surface area contributed by atoms with Crippen LogP contribution in [0.4, 0.5) is 0 Å². The molecular formula is C8H11N5. The summed E-state index contributed by atoms with van der Waals surface area (Å²) in [6.07, 6.45) is 3.66. The minimum absolute atomic E-state index is 0.671. The molecule has 0 aliphatic rings. The molecule has 0 amide bonds. The second-order valence-electron chi connectivity index (χ2n) is 2.93. The standard InChI is InChI=1S/C8H11N5/c1-7-10-11-8(12(7)2)6-13-5-3-4-9-13/h3-5H,6H2,1-2H3. The van der Waals surface area contributed by atoms with E-state index in [1.54, 1.807) is 6.20 Å². The number of rotatable bonds is 2. The number of aryl methyl sites for hydroxylation is 1. The van der Waals surface area contributed by atoms with Crippen LogP contribution in [-0.4, -0.2) is 24.5 Å². The second-order valence-corrected chi connectivity index (χ2v) is 2.93. The highest BCUT2D eigenvalue weighted by Gasteiger charge is 2.04. The maximum absolute atomic E-state index is 4.10. The molecule has 0 unspecified atom stereocenters. The fraction of sp³-hybridized carbons (Fsp3) is 0.375. The minimum atomic E-state index is 0.671. The van der Waals surface area contributed by atoms with Crippen molar-refractivity contribution in [3.8, 4) is 0 Å². The lowest BCUT2D eigenvalue weighted by Gasteiger charge is -2.00. The van der Waals surface area contributed by atoms with Crippen LogP contribution in [0.15, 0.2) is 18.5 Å². The Bertz CT molecular complexity index is 387. The molecule has 0 spiro atoms. The van der Waals surface area contributed by atoms with Crippen molar-refractivity contribution in [3.63, 3.8) is 0 Å². The number of hydrogen-bond acceptors (Lipinski definition) is 3. The SMILES string of the molecule is Cc1nnc(Cn2cccn2)n1C. The molecule has 0 fully saturated rings. The molecule has 0 N–H and O–H groups in total. The molecule has 5 nitrogen and oxygen atoms in total. The zero-order valence-corrected chi connectivity index (χ0v) is 7.68. The molecule has 0 atom stereocenters. The zero-order chi connectivity index (χ0) is 9.26. The first-order chi connectivity index (χ1) is 6.27. The van der Waals surface area contributed by atoms with Gasteiger partial charge in [0.2, 0.25) is 0 Å². The third-order valence-electron chi connectivity index (χ3n) is 2.05. The Morgan fingerprint density at radius 2 is 2.23 bits per heavy atom. The molecule has 68 valence electrons. The third-order valence-corrected chi connectivity index (χ3v) is 2.05. The van der Waals surface area contributed by atoms with Crippen molar-refractivity contribution in [2.24, 2.45) is 7.05 Å². The van der Waals surface area contributed by atoms with E-state index in [0.29, 0.717) is 6.54 Å². The lowest BCUT2D eigenvalue weighted by atomic mass is 10.5. The molecule has 5 heteroatoms. The quantitative estimate of drug-likeness (QED) is 0.665. The van der Waals surface area contributed by atoms with Crippen LogP contribution in [0.5, 0.6) is 0 Å². The van der Waals surface area contributed by atoms with Crippen LogP contribution in [0, 0.1) is 6.92 Å². The van der Waals surface area contributed by atoms with Gasteiger partial charge in [-0.15, -0.1) is 10.2 Å². The van der Waals surface area contributed by atoms with Gasteiger partial charge in [0.1, 0.15) is 12.4 Å². The second kappa shape index (κ2) is 3.01. The average molecular weight is 177 g/mol. The van der Waals surface area contributed by atoms with Gasteiger partial charge >= 0.3 is 0 Å². The van der Waals surface area contributed by atoms with Crippen LogP contribution in [0.25, 0.3) is 0 Å². The highest BCUT2D eigenvalue weighted by Crippen LogP contribution is 1.99. The van der Waals surface area contributed by atoms with Crippen molar-refractivity contribution in [3.05, 3.63) is 30.1 Å². The maximum Gasteiger partial charge on any atom is 0.154 e. The lowest BCUT2D eigenvalue weighted by molar-refractivity contribution is 0.627. The van der Waals surface area contributed by atoms with Gasteiger partial charge in [-0.1, -0.05) is 0 Å². The summed E-state index contributed by atoms with van der Waals surface area (Å²) in [4.78, 5) is 0. The van der Waals surface area contributed by atoms with E-state index < -0.39 is 0 Å². The van der Waals surface area contributed by atoms with Crippen LogP contribution in [-0.2, 0) is 13.6 Å². The Labute approximate surface area is 76.0 Å². The van der Waals surface area contributed by atoms with Crippen LogP contribution in [0.2, 0.25) is 0 Å². The number of nitrogens with zero attached hydrogens (tertiary/aromatic N) is 5. The maximum atomic E-state index is 4.10. The largest absolute Gasteiger partial charge is 0.317 e. The van der Waals surface area contributed by atoms with Gasteiger partial charge in [0.05, 0.1) is 0 Å². The Kier molecular flexibility index (Phi) is 1.84. The fourth-order valence-electron chi connectivity index (χ4n) is 1.13. The van der Waals surface area contributed by atoms with E-state index in [0.717, 1.165) is 11.6 Å². The van der Waals surface area contributed by atoms with Crippen molar-refractivity contribution in [2.45, 2.75) is 13.5 Å². The Hall–Kier alpha value is -1.65. The summed E-state index contributed by atoms with van der Waals surface area (Å²) in [5.41, 5.74) is 0. The summed E-state index contributed by atoms with van der Waals surface area (Å²) >= 11 is 0. The molecular weight excluding hydrogens is 166 g/mol. The molecule has 2 rings (SSSR count). The van der Waals surface area contributed by atoms with Gasteiger partial charge in [0.15, 0.2) is 5.82 Å². The Balaban J connectivity index is 2.24. The fourth-order valence-corrected chi connectivity index (χ4v) is 1.13. The smallest absolute Gasteiger partial charge is 0.154 e. The lowest BCUT2D eigenvalue weighted by Crippen LogP contribution is -2.06. The van der Waals surface area contributed by atoms with E-state index in [1.165, 1.54) is 0 Å². The van der Waals surface area contributed by atoms with Crippen molar-refractivity contribution in [2.75, 3.05) is 0 Å². The molecule has 0 aliphatic heterocycles. The van der Waals surface area contributed by atoms with E-state index in [-0.39, 0.29) is 0 Å². The summed E-state index contributed by atoms with van der Waals surface area (Å²) in [7, 11) is 1.95. The van der Waals surface area contributed by atoms with E-state index in [2.05, 4.69) is 15.3 Å². The van der Waals surface area contributed by atoms with Gasteiger partial charge in [-0.2, -0.15) is 5.10 Å². The van der Waals surface area contributed by atoms with Crippen molar-refractivity contribution in [1.29, 1.82) is 0 Å². The summed E-state index contributed by atoms with van der Waals surface area (Å²) in [6.45, 7) is 2.60. The predicted molar refractivity (Wildman–Crippen MR) is 47.1 cm³/mol. The van der Waals surface area contributed by atoms with Crippen LogP contribution in [0.1, 0.15) is 11.6 Å². The highest BCUT2D eigenvalue weighted by molar-refractivity contribution is 4.93. The molecule has 0 aromatic carbocycles. The molecule has 2 aromatic heterocycles. The predicted octanol–water partition coefficient (Wildman–Crippen LogP) is 0.368. The van der Waals surface area contributed by atoms with Gasteiger partial charge in [-0.3, -0.25) is 4.68 Å². The summed E-state index contributed by atoms with van der Waals surface area (Å²) in [5.74, 6) is 1.84. The van der Waals surface area contributed by atoms with Crippen molar-refractivity contribution >= 4 is 0 Å². The van der Waals surface area contributed by atoms with E-state index in [9.17, 15) is 0 Å². The number of hydrogen-bond donors (Lipinski definition) is 0. The van der Waals surface area contributed by atoms with E-state index in [4.69, 9.17) is 0 Å². The molecule has 0 aliphatic carbocycles. The van der Waals surface area contributed by atoms with Crippen molar-refractivity contribution in [1.82, 2.24) is 24.5 Å². The van der Waals surface area contributed by atoms with E-state index >= 15 is 0 Å². The Morgan fingerprint density at radius 1 is 1.38 bits per heavy atom. The normalized spacial score (nSPS) is 10.6. The molecule has 2 aromatic rings.